The van der Waals surface area contributed by atoms with E-state index in [2.05, 4.69) is 74.5 Å². The van der Waals surface area contributed by atoms with Crippen LogP contribution >= 0.6 is 0 Å². The van der Waals surface area contributed by atoms with Crippen molar-refractivity contribution in [3.63, 3.8) is 0 Å². The lowest BCUT2D eigenvalue weighted by atomic mass is 9.89. The third kappa shape index (κ3) is 1.81. The monoisotopic (exact) mass is 310 g/mol. The second-order valence-corrected chi connectivity index (χ2v) is 6.72. The van der Waals surface area contributed by atoms with E-state index in [1.807, 2.05) is 0 Å². The van der Waals surface area contributed by atoms with Gasteiger partial charge < -0.3 is 4.74 Å². The van der Waals surface area contributed by atoms with Gasteiger partial charge in [-0.2, -0.15) is 0 Å². The van der Waals surface area contributed by atoms with Gasteiger partial charge in [0.25, 0.3) is 0 Å². The lowest BCUT2D eigenvalue weighted by Gasteiger charge is -2.26. The van der Waals surface area contributed by atoms with E-state index in [1.54, 1.807) is 0 Å². The Morgan fingerprint density at radius 1 is 0.667 bits per heavy atom. The van der Waals surface area contributed by atoms with Gasteiger partial charge in [-0.05, 0) is 58.7 Å². The molecule has 0 aliphatic carbocycles. The molecule has 1 aliphatic rings. The number of rotatable bonds is 0. The van der Waals surface area contributed by atoms with Crippen molar-refractivity contribution in [1.29, 1.82) is 0 Å². The van der Waals surface area contributed by atoms with Crippen molar-refractivity contribution in [2.75, 3.05) is 0 Å². The predicted molar refractivity (Wildman–Crippen MR) is 100 cm³/mol. The maximum absolute atomic E-state index is 6.46. The summed E-state index contributed by atoms with van der Waals surface area (Å²) in [5, 5.41) is 5.18. The van der Waals surface area contributed by atoms with Crippen LogP contribution in [-0.4, -0.2) is 0 Å². The summed E-state index contributed by atoms with van der Waals surface area (Å²) in [6, 6.07) is 21.7. The first kappa shape index (κ1) is 13.6. The summed E-state index contributed by atoms with van der Waals surface area (Å²) in [6.45, 7) is 4.29. The van der Waals surface area contributed by atoms with Crippen LogP contribution in [0.5, 0.6) is 11.5 Å². The van der Waals surface area contributed by atoms with Crippen molar-refractivity contribution < 1.29 is 4.74 Å². The van der Waals surface area contributed by atoms with Gasteiger partial charge in [-0.1, -0.05) is 48.5 Å². The minimum Gasteiger partial charge on any atom is -0.456 e. The van der Waals surface area contributed by atoms with Crippen LogP contribution in [0.3, 0.4) is 0 Å². The highest BCUT2D eigenvalue weighted by atomic mass is 16.5. The minimum atomic E-state index is 0.926. The molecule has 5 rings (SSSR count). The Bertz CT molecular complexity index is 1030. The molecular weight excluding hydrogens is 292 g/mol. The van der Waals surface area contributed by atoms with Gasteiger partial charge in [0.05, 0.1) is 0 Å². The predicted octanol–water partition coefficient (Wildman–Crippen LogP) is 6.31. The number of aryl methyl sites for hydroxylation is 2. The molecule has 0 fully saturated rings. The van der Waals surface area contributed by atoms with Gasteiger partial charge in [0.1, 0.15) is 11.5 Å². The van der Waals surface area contributed by atoms with Crippen LogP contribution in [-0.2, 0) is 6.42 Å². The molecule has 0 aromatic heterocycles. The zero-order valence-electron chi connectivity index (χ0n) is 13.9. The van der Waals surface area contributed by atoms with Gasteiger partial charge in [-0.15, -0.1) is 0 Å². The molecule has 1 nitrogen and oxygen atoms in total. The van der Waals surface area contributed by atoms with Crippen molar-refractivity contribution >= 4 is 21.5 Å². The van der Waals surface area contributed by atoms with Crippen LogP contribution in [0.1, 0.15) is 22.3 Å². The molecule has 1 heteroatoms. The first-order valence-electron chi connectivity index (χ1n) is 8.42. The molecule has 1 aliphatic heterocycles. The zero-order chi connectivity index (χ0) is 16.3. The Morgan fingerprint density at radius 3 is 1.62 bits per heavy atom. The number of hydrogen-bond donors (Lipinski definition) is 0. The van der Waals surface area contributed by atoms with E-state index in [1.165, 1.54) is 43.8 Å². The van der Waals surface area contributed by atoms with Gasteiger partial charge in [-0.3, -0.25) is 0 Å². The molecule has 0 bridgehead atoms. The minimum absolute atomic E-state index is 0.926. The largest absolute Gasteiger partial charge is 0.456 e. The number of benzene rings is 4. The van der Waals surface area contributed by atoms with Crippen molar-refractivity contribution in [3.05, 3.63) is 82.9 Å². The lowest BCUT2D eigenvalue weighted by Crippen LogP contribution is -2.07. The maximum Gasteiger partial charge on any atom is 0.134 e. The summed E-state index contributed by atoms with van der Waals surface area (Å²) in [5.41, 5.74) is 5.05. The highest BCUT2D eigenvalue weighted by Gasteiger charge is 2.24. The molecule has 116 valence electrons. The van der Waals surface area contributed by atoms with E-state index in [9.17, 15) is 0 Å². The Hall–Kier alpha value is -2.80. The fourth-order valence-corrected chi connectivity index (χ4v) is 4.03. The van der Waals surface area contributed by atoms with Gasteiger partial charge >= 0.3 is 0 Å². The van der Waals surface area contributed by atoms with Crippen LogP contribution in [0.25, 0.3) is 21.5 Å². The van der Waals surface area contributed by atoms with E-state index in [0.717, 1.165) is 17.9 Å². The second kappa shape index (κ2) is 4.85. The van der Waals surface area contributed by atoms with Gasteiger partial charge in [-0.25, -0.2) is 0 Å². The Balaban J connectivity index is 1.85. The van der Waals surface area contributed by atoms with E-state index < -0.39 is 0 Å². The number of hydrogen-bond acceptors (Lipinski definition) is 1. The average Bonchev–Trinajstić information content (AvgIpc) is 2.61. The summed E-state index contributed by atoms with van der Waals surface area (Å²) >= 11 is 0. The zero-order valence-corrected chi connectivity index (χ0v) is 13.9. The number of ether oxygens (including phenoxy) is 1. The van der Waals surface area contributed by atoms with Crippen LogP contribution in [0, 0.1) is 13.8 Å². The number of fused-ring (bicyclic) bond motifs is 6. The third-order valence-electron chi connectivity index (χ3n) is 5.14. The van der Waals surface area contributed by atoms with Crippen LogP contribution in [0.4, 0.5) is 0 Å². The normalized spacial score (nSPS) is 12.8. The van der Waals surface area contributed by atoms with Crippen molar-refractivity contribution in [2.24, 2.45) is 0 Å². The standard InChI is InChI=1S/C23H18O/c1-14-11-16-7-3-5-9-18(16)20-13-21-19-10-6-4-8-17(19)12-15(2)23(21)24-22(14)20/h3-12H,13H2,1-2H3. The summed E-state index contributed by atoms with van der Waals surface area (Å²) in [4.78, 5) is 0. The van der Waals surface area contributed by atoms with Gasteiger partial charge in [0.15, 0.2) is 0 Å². The molecule has 0 N–H and O–H groups in total. The average molecular weight is 310 g/mol. The van der Waals surface area contributed by atoms with Crippen molar-refractivity contribution in [3.8, 4) is 11.5 Å². The molecule has 0 radical (unpaired) electrons. The molecule has 0 saturated heterocycles. The summed E-state index contributed by atoms with van der Waals surface area (Å²) in [6.07, 6.45) is 0.926. The third-order valence-corrected chi connectivity index (χ3v) is 5.14. The van der Waals surface area contributed by atoms with Crippen LogP contribution in [0.15, 0.2) is 60.7 Å². The first-order valence-corrected chi connectivity index (χ1v) is 8.42. The quantitative estimate of drug-likeness (QED) is 0.326. The van der Waals surface area contributed by atoms with Crippen molar-refractivity contribution in [1.82, 2.24) is 0 Å². The summed E-state index contributed by atoms with van der Waals surface area (Å²) < 4.78 is 6.46. The van der Waals surface area contributed by atoms with Gasteiger partial charge in [0, 0.05) is 17.5 Å². The van der Waals surface area contributed by atoms with E-state index in [-0.39, 0.29) is 0 Å². The van der Waals surface area contributed by atoms with E-state index in [0.29, 0.717) is 0 Å². The molecule has 0 saturated carbocycles. The molecule has 0 atom stereocenters. The molecule has 1 heterocycles. The molecule has 0 amide bonds. The maximum atomic E-state index is 6.46. The van der Waals surface area contributed by atoms with Gasteiger partial charge in [0.2, 0.25) is 0 Å². The smallest absolute Gasteiger partial charge is 0.134 e. The highest BCUT2D eigenvalue weighted by molar-refractivity contribution is 5.94. The van der Waals surface area contributed by atoms with Crippen LogP contribution < -0.4 is 4.74 Å². The Labute approximate surface area is 141 Å². The molecule has 24 heavy (non-hydrogen) atoms. The molecule has 0 spiro atoms. The summed E-state index contributed by atoms with van der Waals surface area (Å²) in [5.74, 6) is 2.08. The Morgan fingerprint density at radius 2 is 1.12 bits per heavy atom. The van der Waals surface area contributed by atoms with Crippen LogP contribution in [0.2, 0.25) is 0 Å². The molecule has 4 aromatic rings. The fourth-order valence-electron chi connectivity index (χ4n) is 4.03. The fraction of sp³-hybridized carbons (Fsp3) is 0.130. The SMILES string of the molecule is Cc1cc2ccccc2c2c1Oc1c(C)cc3ccccc3c1C2. The highest BCUT2D eigenvalue weighted by Crippen LogP contribution is 2.46. The molecular formula is C23H18O. The Kier molecular flexibility index (Phi) is 2.75. The lowest BCUT2D eigenvalue weighted by molar-refractivity contribution is 0.455. The summed E-state index contributed by atoms with van der Waals surface area (Å²) in [7, 11) is 0. The van der Waals surface area contributed by atoms with E-state index >= 15 is 0 Å². The second-order valence-electron chi connectivity index (χ2n) is 6.72. The molecule has 4 aromatic carbocycles. The molecule has 0 unspecified atom stereocenters. The first-order chi connectivity index (χ1) is 11.7. The van der Waals surface area contributed by atoms with E-state index in [4.69, 9.17) is 4.74 Å². The van der Waals surface area contributed by atoms with Crippen molar-refractivity contribution in [2.45, 2.75) is 20.3 Å². The topological polar surface area (TPSA) is 9.23 Å².